The Bertz CT molecular complexity index is 374. The first-order chi connectivity index (χ1) is 8.97. The standard InChI is InChI=1S/C14H25N3OS/c1-3-14(2,12(15)19)13(18)16-10-6-8-17-7-4-5-11(17)9-10/h10-11H,3-9H2,1-2H3,(H2,15,19)(H,16,18). The number of carbonyl (C=O) groups excluding carboxylic acids is 1. The normalized spacial score (nSPS) is 30.4. The lowest BCUT2D eigenvalue weighted by molar-refractivity contribution is -0.128. The molecular weight excluding hydrogens is 258 g/mol. The number of nitrogens with two attached hydrogens (primary N) is 1. The minimum atomic E-state index is -0.706. The number of nitrogens with zero attached hydrogens (tertiary/aromatic N) is 1. The van der Waals surface area contributed by atoms with E-state index < -0.39 is 5.41 Å². The minimum Gasteiger partial charge on any atom is -0.392 e. The van der Waals surface area contributed by atoms with Gasteiger partial charge in [0, 0.05) is 18.6 Å². The highest BCUT2D eigenvalue weighted by atomic mass is 32.1. The lowest BCUT2D eigenvalue weighted by Gasteiger charge is -2.37. The molecule has 0 aromatic carbocycles. The van der Waals surface area contributed by atoms with Gasteiger partial charge >= 0.3 is 0 Å². The van der Waals surface area contributed by atoms with Crippen LogP contribution in [0.15, 0.2) is 0 Å². The van der Waals surface area contributed by atoms with Crippen LogP contribution >= 0.6 is 12.2 Å². The molecule has 2 aliphatic rings. The number of nitrogens with one attached hydrogen (secondary N) is 1. The van der Waals surface area contributed by atoms with E-state index in [1.165, 1.54) is 19.4 Å². The lowest BCUT2D eigenvalue weighted by Crippen LogP contribution is -2.53. The Labute approximate surface area is 121 Å². The molecule has 0 saturated carbocycles. The first kappa shape index (κ1) is 14.7. The molecule has 0 aromatic rings. The van der Waals surface area contributed by atoms with Gasteiger partial charge in [-0.1, -0.05) is 19.1 Å². The molecule has 1 amide bonds. The summed E-state index contributed by atoms with van der Waals surface area (Å²) in [5, 5.41) is 3.17. The zero-order valence-corrected chi connectivity index (χ0v) is 12.8. The van der Waals surface area contributed by atoms with E-state index in [0.29, 0.717) is 17.5 Å². The van der Waals surface area contributed by atoms with Gasteiger partial charge in [0.1, 0.15) is 0 Å². The van der Waals surface area contributed by atoms with Gasteiger partial charge in [-0.25, -0.2) is 0 Å². The molecule has 0 bridgehead atoms. The number of piperidine rings is 1. The molecule has 0 aliphatic carbocycles. The van der Waals surface area contributed by atoms with E-state index in [2.05, 4.69) is 10.2 Å². The number of amides is 1. The van der Waals surface area contributed by atoms with Gasteiger partial charge in [-0.15, -0.1) is 0 Å². The van der Waals surface area contributed by atoms with Gasteiger partial charge in [-0.3, -0.25) is 4.79 Å². The average Bonchev–Trinajstić information content (AvgIpc) is 2.84. The predicted octanol–water partition coefficient (Wildman–Crippen LogP) is 1.43. The van der Waals surface area contributed by atoms with Crippen LogP contribution < -0.4 is 11.1 Å². The minimum absolute atomic E-state index is 0.000975. The Kier molecular flexibility index (Phi) is 4.46. The summed E-state index contributed by atoms with van der Waals surface area (Å²) in [6.07, 6.45) is 5.33. The highest BCUT2D eigenvalue weighted by molar-refractivity contribution is 7.80. The van der Waals surface area contributed by atoms with Crippen molar-refractivity contribution in [3.8, 4) is 0 Å². The van der Waals surface area contributed by atoms with Crippen LogP contribution in [-0.4, -0.2) is 41.0 Å². The van der Waals surface area contributed by atoms with Crippen molar-refractivity contribution in [3.63, 3.8) is 0 Å². The molecule has 3 unspecified atom stereocenters. The van der Waals surface area contributed by atoms with Crippen LogP contribution in [-0.2, 0) is 4.79 Å². The molecule has 3 N–H and O–H groups in total. The molecule has 5 heteroatoms. The Morgan fingerprint density at radius 1 is 1.47 bits per heavy atom. The van der Waals surface area contributed by atoms with Crippen LogP contribution in [0.3, 0.4) is 0 Å². The summed E-state index contributed by atoms with van der Waals surface area (Å²) in [5.41, 5.74) is 5.03. The van der Waals surface area contributed by atoms with E-state index in [0.717, 1.165) is 19.4 Å². The van der Waals surface area contributed by atoms with Gasteiger partial charge in [0.2, 0.25) is 5.91 Å². The van der Waals surface area contributed by atoms with Crippen molar-refractivity contribution in [1.82, 2.24) is 10.2 Å². The molecule has 3 atom stereocenters. The molecular formula is C14H25N3OS. The smallest absolute Gasteiger partial charge is 0.232 e. The van der Waals surface area contributed by atoms with Gasteiger partial charge in [0.15, 0.2) is 0 Å². The third kappa shape index (κ3) is 2.92. The second-order valence-electron chi connectivity index (χ2n) is 6.08. The third-order valence-corrected chi connectivity index (χ3v) is 5.36. The van der Waals surface area contributed by atoms with Gasteiger partial charge in [-0.05, 0) is 45.6 Å². The van der Waals surface area contributed by atoms with Crippen LogP contribution in [0, 0.1) is 5.41 Å². The molecule has 2 saturated heterocycles. The van der Waals surface area contributed by atoms with Crippen LogP contribution in [0.4, 0.5) is 0 Å². The fraction of sp³-hybridized carbons (Fsp3) is 0.857. The highest BCUT2D eigenvalue weighted by Gasteiger charge is 2.38. The Morgan fingerprint density at radius 2 is 2.21 bits per heavy atom. The fourth-order valence-electron chi connectivity index (χ4n) is 3.15. The molecule has 2 fully saturated rings. The Hall–Kier alpha value is -0.680. The van der Waals surface area contributed by atoms with Gasteiger partial charge in [0.05, 0.1) is 10.4 Å². The Morgan fingerprint density at radius 3 is 2.84 bits per heavy atom. The number of hydrogen-bond acceptors (Lipinski definition) is 3. The molecule has 0 aromatic heterocycles. The van der Waals surface area contributed by atoms with Crippen LogP contribution in [0.2, 0.25) is 0 Å². The molecule has 2 heterocycles. The van der Waals surface area contributed by atoms with Crippen LogP contribution in [0.1, 0.15) is 46.0 Å². The van der Waals surface area contributed by atoms with Crippen molar-refractivity contribution in [3.05, 3.63) is 0 Å². The van der Waals surface area contributed by atoms with Gasteiger partial charge < -0.3 is 16.0 Å². The summed E-state index contributed by atoms with van der Waals surface area (Å²) in [4.78, 5) is 15.3. The summed E-state index contributed by atoms with van der Waals surface area (Å²) >= 11 is 5.06. The number of carbonyl (C=O) groups is 1. The average molecular weight is 283 g/mol. The summed E-state index contributed by atoms with van der Waals surface area (Å²) in [5.74, 6) is -0.000975. The monoisotopic (exact) mass is 283 g/mol. The van der Waals surface area contributed by atoms with Gasteiger partial charge in [0.25, 0.3) is 0 Å². The lowest BCUT2D eigenvalue weighted by atomic mass is 9.85. The van der Waals surface area contributed by atoms with Crippen molar-refractivity contribution in [2.24, 2.45) is 11.1 Å². The third-order valence-electron chi connectivity index (χ3n) is 4.91. The second kappa shape index (κ2) is 5.75. The van der Waals surface area contributed by atoms with E-state index >= 15 is 0 Å². The molecule has 4 nitrogen and oxygen atoms in total. The van der Waals surface area contributed by atoms with Crippen molar-refractivity contribution in [1.29, 1.82) is 0 Å². The zero-order chi connectivity index (χ0) is 14.0. The molecule has 108 valence electrons. The number of thiocarbonyl (C=S) groups is 1. The maximum atomic E-state index is 12.4. The molecule has 19 heavy (non-hydrogen) atoms. The van der Waals surface area contributed by atoms with Gasteiger partial charge in [-0.2, -0.15) is 0 Å². The molecule has 2 rings (SSSR count). The molecule has 2 aliphatic heterocycles. The SMILES string of the molecule is CCC(C)(C(=O)NC1CCN2CCCC2C1)C(N)=S. The van der Waals surface area contributed by atoms with E-state index in [1.54, 1.807) is 0 Å². The van der Waals surface area contributed by atoms with Crippen LogP contribution in [0.25, 0.3) is 0 Å². The van der Waals surface area contributed by atoms with Crippen molar-refractivity contribution in [2.75, 3.05) is 13.1 Å². The first-order valence-electron chi connectivity index (χ1n) is 7.32. The number of hydrogen-bond donors (Lipinski definition) is 2. The number of fused-ring (bicyclic) bond motifs is 1. The van der Waals surface area contributed by atoms with E-state index in [9.17, 15) is 4.79 Å². The summed E-state index contributed by atoms with van der Waals surface area (Å²) in [7, 11) is 0. The molecule has 0 radical (unpaired) electrons. The van der Waals surface area contributed by atoms with Crippen molar-refractivity contribution >= 4 is 23.1 Å². The summed E-state index contributed by atoms with van der Waals surface area (Å²) in [6, 6.07) is 0.948. The number of rotatable bonds is 4. The van der Waals surface area contributed by atoms with Crippen LogP contribution in [0.5, 0.6) is 0 Å². The Balaban J connectivity index is 1.94. The highest BCUT2D eigenvalue weighted by Crippen LogP contribution is 2.28. The molecule has 0 spiro atoms. The van der Waals surface area contributed by atoms with Crippen molar-refractivity contribution < 1.29 is 4.79 Å². The van der Waals surface area contributed by atoms with Crippen molar-refractivity contribution in [2.45, 2.75) is 58.0 Å². The summed E-state index contributed by atoms with van der Waals surface area (Å²) in [6.45, 7) is 6.13. The topological polar surface area (TPSA) is 58.4 Å². The first-order valence-corrected chi connectivity index (χ1v) is 7.73. The predicted molar refractivity (Wildman–Crippen MR) is 80.9 cm³/mol. The van der Waals surface area contributed by atoms with E-state index in [4.69, 9.17) is 18.0 Å². The van der Waals surface area contributed by atoms with E-state index in [-0.39, 0.29) is 11.9 Å². The van der Waals surface area contributed by atoms with E-state index in [1.807, 2.05) is 13.8 Å². The maximum absolute atomic E-state index is 12.4. The largest absolute Gasteiger partial charge is 0.392 e. The zero-order valence-electron chi connectivity index (χ0n) is 11.9. The summed E-state index contributed by atoms with van der Waals surface area (Å²) < 4.78 is 0. The quantitative estimate of drug-likeness (QED) is 0.766. The maximum Gasteiger partial charge on any atom is 0.232 e. The fourth-order valence-corrected chi connectivity index (χ4v) is 3.38. The second-order valence-corrected chi connectivity index (χ2v) is 6.52.